The lowest BCUT2D eigenvalue weighted by atomic mass is 9.94. The number of anilines is 1. The molecular weight excluding hydrogens is 425 g/mol. The van der Waals surface area contributed by atoms with Crippen LogP contribution in [0.5, 0.6) is 0 Å². The van der Waals surface area contributed by atoms with Crippen LogP contribution in [0.3, 0.4) is 0 Å². The van der Waals surface area contributed by atoms with Gasteiger partial charge in [0.25, 0.3) is 15.9 Å². The van der Waals surface area contributed by atoms with Crippen LogP contribution in [0.1, 0.15) is 41.2 Å². The van der Waals surface area contributed by atoms with Gasteiger partial charge in [0, 0.05) is 23.7 Å². The molecular formula is C21H20FN3O3S2. The maximum Gasteiger partial charge on any atom is 0.263 e. The van der Waals surface area contributed by atoms with E-state index in [1.165, 1.54) is 53.9 Å². The molecule has 1 fully saturated rings. The third kappa shape index (κ3) is 4.36. The first-order valence-electron chi connectivity index (χ1n) is 9.53. The summed E-state index contributed by atoms with van der Waals surface area (Å²) in [7, 11) is -3.78. The largest absolute Gasteiger partial charge is 0.332 e. The van der Waals surface area contributed by atoms with Crippen LogP contribution in [-0.2, 0) is 10.0 Å². The minimum Gasteiger partial charge on any atom is -0.332 e. The summed E-state index contributed by atoms with van der Waals surface area (Å²) in [6.07, 6.45) is 4.11. The molecule has 2 aromatic carbocycles. The van der Waals surface area contributed by atoms with Gasteiger partial charge in [-0.05, 0) is 61.2 Å². The van der Waals surface area contributed by atoms with Crippen LogP contribution in [0.15, 0.2) is 65.0 Å². The van der Waals surface area contributed by atoms with Crippen molar-refractivity contribution in [2.45, 2.75) is 30.2 Å². The summed E-state index contributed by atoms with van der Waals surface area (Å²) in [4.78, 5) is 18.9. The first-order chi connectivity index (χ1) is 14.4. The molecule has 0 saturated carbocycles. The van der Waals surface area contributed by atoms with E-state index < -0.39 is 10.0 Å². The topological polar surface area (TPSA) is 79.4 Å². The number of aromatic nitrogens is 1. The van der Waals surface area contributed by atoms with Crippen LogP contribution in [-0.4, -0.2) is 30.8 Å². The van der Waals surface area contributed by atoms with Crippen LogP contribution in [0.4, 0.5) is 9.52 Å². The van der Waals surface area contributed by atoms with E-state index in [0.29, 0.717) is 12.1 Å². The minimum absolute atomic E-state index is 0.0505. The zero-order valence-corrected chi connectivity index (χ0v) is 17.6. The van der Waals surface area contributed by atoms with Crippen molar-refractivity contribution < 1.29 is 17.6 Å². The van der Waals surface area contributed by atoms with Crippen molar-refractivity contribution in [2.24, 2.45) is 0 Å². The number of carbonyl (C=O) groups excluding carboxylic acids is 1. The number of rotatable bonds is 5. The average Bonchev–Trinajstić information content (AvgIpc) is 3.26. The van der Waals surface area contributed by atoms with Crippen molar-refractivity contribution in [3.8, 4) is 0 Å². The summed E-state index contributed by atoms with van der Waals surface area (Å²) in [6.45, 7) is 0.575. The minimum atomic E-state index is -3.78. The summed E-state index contributed by atoms with van der Waals surface area (Å²) in [6, 6.07) is 12.0. The molecule has 0 aliphatic carbocycles. The van der Waals surface area contributed by atoms with E-state index in [4.69, 9.17) is 0 Å². The average molecular weight is 446 g/mol. The van der Waals surface area contributed by atoms with Gasteiger partial charge in [-0.2, -0.15) is 0 Å². The Morgan fingerprint density at radius 2 is 1.97 bits per heavy atom. The highest BCUT2D eigenvalue weighted by molar-refractivity contribution is 7.93. The Hall–Kier alpha value is -2.78. The Labute approximate surface area is 178 Å². The number of thiazole rings is 1. The maximum absolute atomic E-state index is 13.7. The first kappa shape index (κ1) is 20.5. The predicted octanol–water partition coefficient (Wildman–Crippen LogP) is 4.45. The smallest absolute Gasteiger partial charge is 0.263 e. The molecule has 0 spiro atoms. The van der Waals surface area contributed by atoms with Crippen LogP contribution >= 0.6 is 11.3 Å². The van der Waals surface area contributed by atoms with E-state index in [9.17, 15) is 17.6 Å². The summed E-state index contributed by atoms with van der Waals surface area (Å²) < 4.78 is 41.1. The second-order valence-electron chi connectivity index (χ2n) is 7.03. The van der Waals surface area contributed by atoms with Crippen LogP contribution in [0.2, 0.25) is 0 Å². The quantitative estimate of drug-likeness (QED) is 0.629. The molecule has 6 nitrogen and oxygen atoms in total. The van der Waals surface area contributed by atoms with Crippen molar-refractivity contribution in [3.05, 3.63) is 77.1 Å². The number of halogens is 1. The molecule has 156 valence electrons. The van der Waals surface area contributed by atoms with Gasteiger partial charge in [-0.3, -0.25) is 9.52 Å². The number of amides is 1. The first-order valence-corrected chi connectivity index (χ1v) is 11.9. The van der Waals surface area contributed by atoms with Crippen molar-refractivity contribution in [3.63, 3.8) is 0 Å². The van der Waals surface area contributed by atoms with Gasteiger partial charge in [0.1, 0.15) is 5.82 Å². The van der Waals surface area contributed by atoms with Crippen molar-refractivity contribution >= 4 is 32.4 Å². The summed E-state index contributed by atoms with van der Waals surface area (Å²) in [5, 5.41) is 1.95. The highest BCUT2D eigenvalue weighted by atomic mass is 32.2. The van der Waals surface area contributed by atoms with E-state index in [1.807, 2.05) is 6.07 Å². The Bertz CT molecular complexity index is 1130. The second kappa shape index (κ2) is 8.53. The third-order valence-electron chi connectivity index (χ3n) is 5.06. The van der Waals surface area contributed by atoms with Crippen molar-refractivity contribution in [1.82, 2.24) is 9.88 Å². The molecule has 1 aliphatic heterocycles. The van der Waals surface area contributed by atoms with Crippen LogP contribution in [0, 0.1) is 5.82 Å². The number of nitrogens with one attached hydrogen (secondary N) is 1. The fourth-order valence-electron chi connectivity index (χ4n) is 3.63. The molecule has 0 bridgehead atoms. The summed E-state index contributed by atoms with van der Waals surface area (Å²) in [5.41, 5.74) is 1.17. The number of likely N-dealkylation sites (tertiary alicyclic amines) is 1. The van der Waals surface area contributed by atoms with E-state index in [2.05, 4.69) is 9.71 Å². The Morgan fingerprint density at radius 3 is 2.67 bits per heavy atom. The molecule has 3 aromatic rings. The molecule has 1 aromatic heterocycles. The second-order valence-corrected chi connectivity index (χ2v) is 9.61. The molecule has 0 radical (unpaired) electrons. The lowest BCUT2D eigenvalue weighted by molar-refractivity contribution is 0.0611. The highest BCUT2D eigenvalue weighted by Gasteiger charge is 2.29. The molecule has 1 N–H and O–H groups in total. The number of hydrogen-bond acceptors (Lipinski definition) is 5. The van der Waals surface area contributed by atoms with E-state index in [0.717, 1.165) is 24.8 Å². The van der Waals surface area contributed by atoms with Gasteiger partial charge in [0.05, 0.1) is 10.9 Å². The Balaban J connectivity index is 1.55. The Kier molecular flexibility index (Phi) is 5.83. The molecule has 1 aliphatic rings. The summed E-state index contributed by atoms with van der Waals surface area (Å²) >= 11 is 1.18. The number of nitrogens with zero attached hydrogens (tertiary/aromatic N) is 2. The summed E-state index contributed by atoms with van der Waals surface area (Å²) in [5.74, 6) is -0.520. The van der Waals surface area contributed by atoms with Gasteiger partial charge in [0.2, 0.25) is 0 Å². The Morgan fingerprint density at radius 1 is 1.17 bits per heavy atom. The van der Waals surface area contributed by atoms with Gasteiger partial charge < -0.3 is 4.90 Å². The molecule has 1 amide bonds. The van der Waals surface area contributed by atoms with Gasteiger partial charge in [-0.25, -0.2) is 17.8 Å². The fourth-order valence-corrected chi connectivity index (χ4v) is 5.41. The number of piperidine rings is 1. The van der Waals surface area contributed by atoms with Gasteiger partial charge in [-0.1, -0.05) is 12.1 Å². The lowest BCUT2D eigenvalue weighted by Gasteiger charge is -2.36. The van der Waals surface area contributed by atoms with Crippen LogP contribution in [0.25, 0.3) is 0 Å². The van der Waals surface area contributed by atoms with E-state index in [1.54, 1.807) is 16.3 Å². The fraction of sp³-hybridized carbons (Fsp3) is 0.238. The molecule has 4 rings (SSSR count). The van der Waals surface area contributed by atoms with Crippen molar-refractivity contribution in [1.29, 1.82) is 0 Å². The molecule has 30 heavy (non-hydrogen) atoms. The zero-order valence-electron chi connectivity index (χ0n) is 16.0. The molecule has 1 unspecified atom stereocenters. The van der Waals surface area contributed by atoms with E-state index >= 15 is 0 Å². The van der Waals surface area contributed by atoms with Gasteiger partial charge >= 0.3 is 0 Å². The SMILES string of the molecule is O=C(c1ccc(S(=O)(=O)Nc2nccs2)cc1)N1CCCCC1c1cccc(F)c1. The van der Waals surface area contributed by atoms with Crippen molar-refractivity contribution in [2.75, 3.05) is 11.3 Å². The molecule has 9 heteroatoms. The standard InChI is InChI=1S/C21H20FN3O3S2/c22-17-5-3-4-16(14-17)19-6-1-2-12-25(19)20(26)15-7-9-18(10-8-15)30(27,28)24-21-23-11-13-29-21/h3-5,7-11,13-14,19H,1-2,6,12H2,(H,23,24). The van der Waals surface area contributed by atoms with E-state index in [-0.39, 0.29) is 27.8 Å². The number of benzene rings is 2. The molecule has 1 saturated heterocycles. The number of carbonyl (C=O) groups is 1. The lowest BCUT2D eigenvalue weighted by Crippen LogP contribution is -2.38. The van der Waals surface area contributed by atoms with Crippen LogP contribution < -0.4 is 4.72 Å². The number of sulfonamides is 1. The zero-order chi connectivity index (χ0) is 21.1. The maximum atomic E-state index is 13.7. The monoisotopic (exact) mass is 445 g/mol. The predicted molar refractivity (Wildman–Crippen MR) is 113 cm³/mol. The van der Waals surface area contributed by atoms with Gasteiger partial charge in [-0.15, -0.1) is 11.3 Å². The van der Waals surface area contributed by atoms with Gasteiger partial charge in [0.15, 0.2) is 5.13 Å². The molecule has 2 heterocycles. The molecule has 1 atom stereocenters. The number of hydrogen-bond donors (Lipinski definition) is 1. The highest BCUT2D eigenvalue weighted by Crippen LogP contribution is 2.32. The third-order valence-corrected chi connectivity index (χ3v) is 7.24. The normalized spacial score (nSPS) is 17.0.